The van der Waals surface area contributed by atoms with Gasteiger partial charge in [0.25, 0.3) is 0 Å². The van der Waals surface area contributed by atoms with E-state index in [9.17, 15) is 4.79 Å². The first-order valence-electron chi connectivity index (χ1n) is 4.38. The van der Waals surface area contributed by atoms with Crippen molar-refractivity contribution in [2.24, 2.45) is 0 Å². The van der Waals surface area contributed by atoms with E-state index in [1.165, 1.54) is 7.11 Å². The number of hydrogen-bond donors (Lipinski definition) is 1. The van der Waals surface area contributed by atoms with Crippen LogP contribution in [0.2, 0.25) is 0 Å². The maximum atomic E-state index is 11.2. The highest BCUT2D eigenvalue weighted by atomic mass is 32.1. The molecule has 80 valence electrons. The average molecular weight is 232 g/mol. The number of esters is 1. The van der Waals surface area contributed by atoms with Gasteiger partial charge in [0, 0.05) is 0 Å². The smallest absolute Gasteiger partial charge is 0.354 e. The molecule has 3 nitrogen and oxygen atoms in total. The summed E-state index contributed by atoms with van der Waals surface area (Å²) in [6, 6.07) is 0. The van der Waals surface area contributed by atoms with Crippen LogP contribution in [0, 0.1) is 0 Å². The predicted octanol–water partition coefficient (Wildman–Crippen LogP) is 1.65. The molecule has 1 N–H and O–H groups in total. The largest absolute Gasteiger partial charge is 0.464 e. The lowest BCUT2D eigenvalue weighted by Crippen LogP contribution is -2.25. The Morgan fingerprint density at radius 2 is 2.29 bits per heavy atom. The number of methoxy groups -OCH3 is 1. The molecule has 0 amide bonds. The second-order valence-electron chi connectivity index (χ2n) is 2.66. The highest BCUT2D eigenvalue weighted by Gasteiger charge is 2.06. The van der Waals surface area contributed by atoms with E-state index in [1.54, 1.807) is 6.08 Å². The lowest BCUT2D eigenvalue weighted by molar-refractivity contribution is -0.136. The maximum Gasteiger partial charge on any atom is 0.354 e. The summed E-state index contributed by atoms with van der Waals surface area (Å²) in [5.41, 5.74) is 0.334. The number of unbranched alkanes of at least 4 members (excludes halogenated alkanes) is 2. The van der Waals surface area contributed by atoms with Gasteiger partial charge in [-0.15, -0.1) is 0 Å². The Balaban J connectivity index is 4.30. The number of thiocarbonyl (C=S) groups is 1. The molecule has 0 aromatic carbocycles. The summed E-state index contributed by atoms with van der Waals surface area (Å²) in [6.45, 7) is 2.08. The Bertz CT molecular complexity index is 239. The van der Waals surface area contributed by atoms with E-state index in [1.807, 2.05) is 0 Å². The van der Waals surface area contributed by atoms with Gasteiger partial charge in [0.2, 0.25) is 0 Å². The standard InChI is InChI=1S/C9H15NO2S2/c1-3-4-5-6-7(8(11)12-2)10-9(13)14/h6H,3-5H2,1-2H3,(H2,10,13,14)/p-1/b7-6-. The van der Waals surface area contributed by atoms with Crippen LogP contribution in [-0.4, -0.2) is 17.4 Å². The molecule has 0 aliphatic rings. The van der Waals surface area contributed by atoms with Crippen LogP contribution in [-0.2, 0) is 22.2 Å². The van der Waals surface area contributed by atoms with Gasteiger partial charge < -0.3 is 34.9 Å². The summed E-state index contributed by atoms with van der Waals surface area (Å²) in [5, 5.41) is 2.62. The summed E-state index contributed by atoms with van der Waals surface area (Å²) >= 11 is 9.35. The molecule has 0 heterocycles. The first kappa shape index (κ1) is 13.3. The van der Waals surface area contributed by atoms with Crippen molar-refractivity contribution < 1.29 is 9.53 Å². The molecule has 0 aromatic rings. The van der Waals surface area contributed by atoms with E-state index in [-0.39, 0.29) is 4.32 Å². The Morgan fingerprint density at radius 1 is 1.64 bits per heavy atom. The van der Waals surface area contributed by atoms with E-state index >= 15 is 0 Å². The van der Waals surface area contributed by atoms with E-state index in [2.05, 4.69) is 41.8 Å². The number of carbonyl (C=O) groups excluding carboxylic acids is 1. The zero-order valence-electron chi connectivity index (χ0n) is 8.33. The van der Waals surface area contributed by atoms with Crippen LogP contribution in [0.4, 0.5) is 0 Å². The first-order chi connectivity index (χ1) is 6.61. The van der Waals surface area contributed by atoms with E-state index < -0.39 is 5.97 Å². The topological polar surface area (TPSA) is 38.3 Å². The number of allylic oxidation sites excluding steroid dienone is 1. The molecular weight excluding hydrogens is 218 g/mol. The fraction of sp³-hybridized carbons (Fsp3) is 0.556. The van der Waals surface area contributed by atoms with Crippen LogP contribution < -0.4 is 5.32 Å². The predicted molar refractivity (Wildman–Crippen MR) is 62.7 cm³/mol. The molecular formula is C9H14NO2S2-. The Hall–Kier alpha value is -0.680. The minimum absolute atomic E-state index is 0.151. The fourth-order valence-corrected chi connectivity index (χ4v) is 1.08. The third kappa shape index (κ3) is 5.88. The minimum atomic E-state index is -0.437. The number of rotatable bonds is 5. The zero-order valence-corrected chi connectivity index (χ0v) is 9.96. The molecule has 0 aliphatic heterocycles. The molecule has 0 spiro atoms. The third-order valence-corrected chi connectivity index (χ3v) is 1.75. The van der Waals surface area contributed by atoms with Crippen molar-refractivity contribution in [3.8, 4) is 0 Å². The Labute approximate surface area is 95.3 Å². The van der Waals surface area contributed by atoms with Crippen molar-refractivity contribution in [3.05, 3.63) is 11.8 Å². The molecule has 0 radical (unpaired) electrons. The monoisotopic (exact) mass is 232 g/mol. The quantitative estimate of drug-likeness (QED) is 0.256. The Morgan fingerprint density at radius 3 is 2.71 bits per heavy atom. The normalized spacial score (nSPS) is 10.9. The summed E-state index contributed by atoms with van der Waals surface area (Å²) in [5.74, 6) is -0.437. The molecule has 0 aliphatic carbocycles. The summed E-state index contributed by atoms with van der Waals surface area (Å²) < 4.78 is 4.72. The second-order valence-corrected chi connectivity index (χ2v) is 3.74. The molecule has 0 bridgehead atoms. The van der Waals surface area contributed by atoms with Crippen LogP contribution >= 0.6 is 12.2 Å². The van der Waals surface area contributed by atoms with Gasteiger partial charge in [-0.3, -0.25) is 0 Å². The SMILES string of the molecule is CCCC/C=C(\NC(=S)[S-])C(=O)OC. The molecule has 0 unspecified atom stereocenters. The van der Waals surface area contributed by atoms with Gasteiger partial charge in [-0.2, -0.15) is 0 Å². The van der Waals surface area contributed by atoms with E-state index in [4.69, 9.17) is 0 Å². The van der Waals surface area contributed by atoms with Crippen LogP contribution in [0.15, 0.2) is 11.8 Å². The molecule has 0 saturated carbocycles. The van der Waals surface area contributed by atoms with Crippen molar-refractivity contribution in [1.29, 1.82) is 0 Å². The van der Waals surface area contributed by atoms with Gasteiger partial charge in [-0.05, 0) is 12.8 Å². The van der Waals surface area contributed by atoms with Gasteiger partial charge in [0.15, 0.2) is 0 Å². The van der Waals surface area contributed by atoms with Gasteiger partial charge in [0.05, 0.1) is 7.11 Å². The van der Waals surface area contributed by atoms with Crippen molar-refractivity contribution >= 4 is 35.1 Å². The molecule has 0 aromatic heterocycles. The number of nitrogens with one attached hydrogen (secondary N) is 1. The van der Waals surface area contributed by atoms with E-state index in [0.29, 0.717) is 5.70 Å². The zero-order chi connectivity index (χ0) is 11.0. The molecule has 0 saturated heterocycles. The first-order valence-corrected chi connectivity index (χ1v) is 5.20. The lowest BCUT2D eigenvalue weighted by Gasteiger charge is -2.11. The third-order valence-electron chi connectivity index (χ3n) is 1.55. The minimum Gasteiger partial charge on any atom is -0.464 e. The van der Waals surface area contributed by atoms with Gasteiger partial charge in [-0.1, -0.05) is 23.7 Å². The van der Waals surface area contributed by atoms with Crippen LogP contribution in [0.1, 0.15) is 26.2 Å². The molecule has 0 fully saturated rings. The highest BCUT2D eigenvalue weighted by Crippen LogP contribution is 2.01. The maximum absolute atomic E-state index is 11.2. The summed E-state index contributed by atoms with van der Waals surface area (Å²) in [4.78, 5) is 11.2. The number of ether oxygens (including phenoxy) is 1. The Kier molecular flexibility index (Phi) is 7.32. The van der Waals surface area contributed by atoms with Crippen molar-refractivity contribution in [1.82, 2.24) is 5.32 Å². The second kappa shape index (κ2) is 7.70. The highest BCUT2D eigenvalue weighted by molar-refractivity contribution is 8.00. The van der Waals surface area contributed by atoms with Crippen LogP contribution in [0.5, 0.6) is 0 Å². The summed E-state index contributed by atoms with van der Waals surface area (Å²) in [6.07, 6.45) is 4.66. The number of carbonyl (C=O) groups is 1. The van der Waals surface area contributed by atoms with Gasteiger partial charge in [-0.25, -0.2) is 4.79 Å². The fourth-order valence-electron chi connectivity index (χ4n) is 0.856. The van der Waals surface area contributed by atoms with Crippen molar-refractivity contribution in [2.75, 3.05) is 7.11 Å². The van der Waals surface area contributed by atoms with Crippen molar-refractivity contribution in [3.63, 3.8) is 0 Å². The van der Waals surface area contributed by atoms with E-state index in [0.717, 1.165) is 19.3 Å². The average Bonchev–Trinajstić information content (AvgIpc) is 2.15. The molecule has 0 rings (SSSR count). The van der Waals surface area contributed by atoms with Crippen LogP contribution in [0.3, 0.4) is 0 Å². The lowest BCUT2D eigenvalue weighted by atomic mass is 10.2. The molecule has 0 atom stereocenters. The van der Waals surface area contributed by atoms with Crippen LogP contribution in [0.25, 0.3) is 0 Å². The van der Waals surface area contributed by atoms with Gasteiger partial charge in [0.1, 0.15) is 5.70 Å². The van der Waals surface area contributed by atoms with Crippen molar-refractivity contribution in [2.45, 2.75) is 26.2 Å². The molecule has 5 heteroatoms. The molecule has 14 heavy (non-hydrogen) atoms. The van der Waals surface area contributed by atoms with Gasteiger partial charge >= 0.3 is 5.97 Å². The summed E-state index contributed by atoms with van der Waals surface area (Å²) in [7, 11) is 1.32. The number of hydrogen-bond acceptors (Lipinski definition) is 4.